The number of rotatable bonds is 3. The molecule has 2 heterocycles. The maximum Gasteiger partial charge on any atom is 0.116 e. The maximum atomic E-state index is 9.88. The van der Waals surface area contributed by atoms with Gasteiger partial charge in [-0.05, 0) is 30.7 Å². The summed E-state index contributed by atoms with van der Waals surface area (Å²) in [6, 6.07) is 13.8. The molecule has 4 rings (SSSR count). The lowest BCUT2D eigenvalue weighted by molar-refractivity contribution is 0.476. The minimum absolute atomic E-state index is 0.278. The molecule has 0 bridgehead atoms. The molecule has 4 aromatic rings. The van der Waals surface area contributed by atoms with E-state index in [-0.39, 0.29) is 5.75 Å². The van der Waals surface area contributed by atoms with Gasteiger partial charge in [0.05, 0.1) is 18.6 Å². The second kappa shape index (κ2) is 5.32. The predicted octanol–water partition coefficient (Wildman–Crippen LogP) is 4.09. The summed E-state index contributed by atoms with van der Waals surface area (Å²) >= 11 is 0. The Morgan fingerprint density at radius 3 is 2.83 bits per heavy atom. The monoisotopic (exact) mass is 303 g/mol. The average Bonchev–Trinajstić information content (AvgIpc) is 3.17. The van der Waals surface area contributed by atoms with Crippen LogP contribution in [0.5, 0.6) is 5.75 Å². The van der Waals surface area contributed by atoms with Crippen molar-refractivity contribution in [2.24, 2.45) is 0 Å². The van der Waals surface area contributed by atoms with Crippen LogP contribution in [0.25, 0.3) is 22.2 Å². The van der Waals surface area contributed by atoms with Crippen LogP contribution in [0.3, 0.4) is 0 Å². The van der Waals surface area contributed by atoms with E-state index in [1.54, 1.807) is 12.3 Å². The van der Waals surface area contributed by atoms with Gasteiger partial charge in [-0.15, -0.1) is 0 Å². The summed E-state index contributed by atoms with van der Waals surface area (Å²) in [6.45, 7) is 2.81. The highest BCUT2D eigenvalue weighted by Crippen LogP contribution is 2.34. The van der Waals surface area contributed by atoms with E-state index < -0.39 is 0 Å². The fraction of sp³-hybridized carbons (Fsp3) is 0.105. The largest absolute Gasteiger partial charge is 0.508 e. The summed E-state index contributed by atoms with van der Waals surface area (Å²) in [7, 11) is 0. The molecule has 0 aliphatic heterocycles. The summed E-state index contributed by atoms with van der Waals surface area (Å²) in [5.41, 5.74) is 5.67. The first-order chi connectivity index (χ1) is 11.2. The maximum absolute atomic E-state index is 9.88. The molecule has 0 unspecified atom stereocenters. The van der Waals surface area contributed by atoms with Crippen molar-refractivity contribution in [1.82, 2.24) is 14.5 Å². The van der Waals surface area contributed by atoms with Gasteiger partial charge in [-0.1, -0.05) is 24.3 Å². The van der Waals surface area contributed by atoms with Crippen molar-refractivity contribution in [3.8, 4) is 17.0 Å². The molecule has 0 aliphatic carbocycles. The Hall–Kier alpha value is -3.01. The third-order valence-corrected chi connectivity index (χ3v) is 4.20. The van der Waals surface area contributed by atoms with Crippen LogP contribution in [-0.4, -0.2) is 19.6 Å². The van der Waals surface area contributed by atoms with Crippen LogP contribution in [-0.2, 0) is 6.54 Å². The summed E-state index contributed by atoms with van der Waals surface area (Å²) in [4.78, 5) is 7.64. The first kappa shape index (κ1) is 13.6. The number of phenols is 1. The molecule has 0 fully saturated rings. The van der Waals surface area contributed by atoms with Crippen LogP contribution in [0.2, 0.25) is 0 Å². The van der Waals surface area contributed by atoms with Gasteiger partial charge in [0.2, 0.25) is 0 Å². The second-order valence-electron chi connectivity index (χ2n) is 5.76. The van der Waals surface area contributed by atoms with E-state index in [2.05, 4.69) is 29.0 Å². The van der Waals surface area contributed by atoms with Crippen LogP contribution in [0.1, 0.15) is 11.1 Å². The van der Waals surface area contributed by atoms with Gasteiger partial charge in [0.1, 0.15) is 5.75 Å². The highest BCUT2D eigenvalue weighted by atomic mass is 16.3. The zero-order valence-electron chi connectivity index (χ0n) is 12.8. The highest BCUT2D eigenvalue weighted by Gasteiger charge is 2.15. The topological polar surface area (TPSA) is 53.8 Å². The molecular weight excluding hydrogens is 286 g/mol. The van der Waals surface area contributed by atoms with Gasteiger partial charge < -0.3 is 14.7 Å². The van der Waals surface area contributed by atoms with E-state index in [0.29, 0.717) is 6.54 Å². The van der Waals surface area contributed by atoms with Gasteiger partial charge >= 0.3 is 0 Å². The van der Waals surface area contributed by atoms with Crippen LogP contribution in [0.4, 0.5) is 0 Å². The van der Waals surface area contributed by atoms with Crippen LogP contribution >= 0.6 is 0 Å². The predicted molar refractivity (Wildman–Crippen MR) is 91.5 cm³/mol. The number of hydrogen-bond acceptors (Lipinski definition) is 2. The van der Waals surface area contributed by atoms with Crippen molar-refractivity contribution in [3.05, 3.63) is 72.3 Å². The number of fused-ring (bicyclic) bond motifs is 1. The Bertz CT molecular complexity index is 968. The van der Waals surface area contributed by atoms with Gasteiger partial charge in [-0.2, -0.15) is 0 Å². The van der Waals surface area contributed by atoms with Crippen molar-refractivity contribution in [2.45, 2.75) is 13.5 Å². The quantitative estimate of drug-likeness (QED) is 0.599. The minimum Gasteiger partial charge on any atom is -0.508 e. The first-order valence-corrected chi connectivity index (χ1v) is 7.57. The Morgan fingerprint density at radius 1 is 1.17 bits per heavy atom. The van der Waals surface area contributed by atoms with Crippen LogP contribution in [0.15, 0.2) is 61.2 Å². The first-order valence-electron chi connectivity index (χ1n) is 7.57. The van der Waals surface area contributed by atoms with Gasteiger partial charge in [-0.3, -0.25) is 0 Å². The number of aromatic amines is 1. The number of nitrogens with zero attached hydrogens (tertiary/aromatic N) is 2. The Morgan fingerprint density at radius 2 is 2.04 bits per heavy atom. The molecule has 2 N–H and O–H groups in total. The summed E-state index contributed by atoms with van der Waals surface area (Å²) in [5.74, 6) is 0.278. The summed E-state index contributed by atoms with van der Waals surface area (Å²) < 4.78 is 2.04. The third kappa shape index (κ3) is 2.38. The number of benzene rings is 2. The molecule has 23 heavy (non-hydrogen) atoms. The SMILES string of the molecule is Cc1ccccc1-c1[nH]c2ccc(O)cc2c1Cn1ccnc1. The number of aromatic nitrogens is 3. The molecule has 4 heteroatoms. The van der Waals surface area contributed by atoms with E-state index in [1.165, 1.54) is 11.1 Å². The number of aromatic hydroxyl groups is 1. The Balaban J connectivity index is 1.97. The molecule has 2 aromatic heterocycles. The molecule has 4 nitrogen and oxygen atoms in total. The van der Waals surface area contributed by atoms with Crippen molar-refractivity contribution < 1.29 is 5.11 Å². The number of aryl methyl sites for hydroxylation is 1. The van der Waals surface area contributed by atoms with E-state index >= 15 is 0 Å². The normalized spacial score (nSPS) is 11.2. The van der Waals surface area contributed by atoms with E-state index in [1.807, 2.05) is 41.4 Å². The van der Waals surface area contributed by atoms with Gasteiger partial charge in [0, 0.05) is 34.4 Å². The molecular formula is C19H17N3O. The van der Waals surface area contributed by atoms with Crippen molar-refractivity contribution in [2.75, 3.05) is 0 Å². The molecule has 2 aromatic carbocycles. The van der Waals surface area contributed by atoms with E-state index in [0.717, 1.165) is 22.2 Å². The molecule has 0 atom stereocenters. The van der Waals surface area contributed by atoms with Crippen molar-refractivity contribution in [1.29, 1.82) is 0 Å². The standard InChI is InChI=1S/C19H17N3O/c1-13-4-2-3-5-15(13)19-17(11-22-9-8-20-12-22)16-10-14(23)6-7-18(16)21-19/h2-10,12,21,23H,11H2,1H3. The zero-order valence-corrected chi connectivity index (χ0v) is 12.8. The smallest absolute Gasteiger partial charge is 0.116 e. The van der Waals surface area contributed by atoms with Gasteiger partial charge in [0.25, 0.3) is 0 Å². The Kier molecular flexibility index (Phi) is 3.15. The average molecular weight is 303 g/mol. The molecule has 0 saturated heterocycles. The highest BCUT2D eigenvalue weighted by molar-refractivity contribution is 5.92. The van der Waals surface area contributed by atoms with Gasteiger partial charge in [-0.25, -0.2) is 4.98 Å². The number of hydrogen-bond donors (Lipinski definition) is 2. The molecule has 0 radical (unpaired) electrons. The molecule has 0 spiro atoms. The molecule has 0 amide bonds. The van der Waals surface area contributed by atoms with Gasteiger partial charge in [0.15, 0.2) is 0 Å². The lowest BCUT2D eigenvalue weighted by Crippen LogP contribution is -1.98. The number of nitrogens with one attached hydrogen (secondary N) is 1. The lowest BCUT2D eigenvalue weighted by Gasteiger charge is -2.08. The van der Waals surface area contributed by atoms with E-state index in [9.17, 15) is 5.11 Å². The Labute approximate surface area is 134 Å². The van der Waals surface area contributed by atoms with Crippen LogP contribution in [0, 0.1) is 6.92 Å². The third-order valence-electron chi connectivity index (χ3n) is 4.20. The molecule has 0 saturated carbocycles. The fourth-order valence-electron chi connectivity index (χ4n) is 3.05. The zero-order chi connectivity index (χ0) is 15.8. The number of phenolic OH excluding ortho intramolecular Hbond substituents is 1. The van der Waals surface area contributed by atoms with Crippen LogP contribution < -0.4 is 0 Å². The summed E-state index contributed by atoms with van der Waals surface area (Å²) in [5, 5.41) is 10.9. The molecule has 114 valence electrons. The molecule has 0 aliphatic rings. The van der Waals surface area contributed by atoms with Crippen molar-refractivity contribution in [3.63, 3.8) is 0 Å². The lowest BCUT2D eigenvalue weighted by atomic mass is 10.0. The van der Waals surface area contributed by atoms with E-state index in [4.69, 9.17) is 0 Å². The second-order valence-corrected chi connectivity index (χ2v) is 5.76. The fourth-order valence-corrected chi connectivity index (χ4v) is 3.05. The number of imidazole rings is 1. The van der Waals surface area contributed by atoms with Crippen molar-refractivity contribution >= 4 is 10.9 Å². The number of H-pyrrole nitrogens is 1. The minimum atomic E-state index is 0.278. The summed E-state index contributed by atoms with van der Waals surface area (Å²) in [6.07, 6.45) is 5.53.